The highest BCUT2D eigenvalue weighted by atomic mass is 35.5. The fourth-order valence-electron chi connectivity index (χ4n) is 8.52. The van der Waals surface area contributed by atoms with E-state index in [0.717, 1.165) is 69.3 Å². The SMILES string of the molecule is C[C@@H]1[C@@H](C)CCC[C@@H]([C@H]2OC[C@H](N3CC(F)C3)CO2)[C@@H]2CC[C@H]2CN2CCCCc3cc(Cl)ccc3COc3ccc(cc32)C(=O)NS1(=O)=O. The molecule has 2 saturated heterocycles. The van der Waals surface area contributed by atoms with E-state index in [9.17, 15) is 17.6 Å². The fourth-order valence-corrected chi connectivity index (χ4v) is 10.0. The molecule has 1 aliphatic carbocycles. The van der Waals surface area contributed by atoms with Crippen molar-refractivity contribution in [2.24, 2.45) is 23.7 Å². The van der Waals surface area contributed by atoms with Crippen molar-refractivity contribution >= 4 is 33.2 Å². The van der Waals surface area contributed by atoms with Crippen LogP contribution in [0.5, 0.6) is 5.75 Å². The summed E-state index contributed by atoms with van der Waals surface area (Å²) in [4.78, 5) is 18.0. The third-order valence-corrected chi connectivity index (χ3v) is 14.2. The van der Waals surface area contributed by atoms with Crippen LogP contribution in [-0.2, 0) is 32.5 Å². The van der Waals surface area contributed by atoms with Gasteiger partial charge in [-0.2, -0.15) is 0 Å². The molecular weight excluding hydrogens is 681 g/mol. The van der Waals surface area contributed by atoms with Gasteiger partial charge in [0.2, 0.25) is 10.0 Å². The number of alkyl halides is 1. The third-order valence-electron chi connectivity index (χ3n) is 12.1. The summed E-state index contributed by atoms with van der Waals surface area (Å²) in [5, 5.41) is -0.0401. The quantitative estimate of drug-likeness (QED) is 0.381. The van der Waals surface area contributed by atoms with Crippen molar-refractivity contribution in [3.63, 3.8) is 0 Å². The summed E-state index contributed by atoms with van der Waals surface area (Å²) in [5.41, 5.74) is 3.35. The van der Waals surface area contributed by atoms with Crippen molar-refractivity contribution < 1.29 is 31.8 Å². The number of halogens is 2. The molecule has 7 rings (SSSR count). The van der Waals surface area contributed by atoms with Gasteiger partial charge >= 0.3 is 0 Å². The van der Waals surface area contributed by atoms with E-state index >= 15 is 0 Å². The number of ether oxygens (including phenoxy) is 3. The Kier molecular flexibility index (Phi) is 11.0. The summed E-state index contributed by atoms with van der Waals surface area (Å²) in [7, 11) is -3.93. The zero-order valence-electron chi connectivity index (χ0n) is 29.2. The first kappa shape index (κ1) is 35.9. The average molecular weight is 732 g/mol. The Bertz CT molecular complexity index is 1630. The number of fused-ring (bicyclic) bond motifs is 3. The maximum absolute atomic E-state index is 13.6. The van der Waals surface area contributed by atoms with E-state index in [1.807, 2.05) is 25.1 Å². The second kappa shape index (κ2) is 15.3. The van der Waals surface area contributed by atoms with Gasteiger partial charge in [0.05, 0.1) is 30.2 Å². The van der Waals surface area contributed by atoms with Gasteiger partial charge < -0.3 is 19.1 Å². The van der Waals surface area contributed by atoms with E-state index in [1.54, 1.807) is 25.1 Å². The predicted octanol–water partition coefficient (Wildman–Crippen LogP) is 6.37. The number of sulfonamides is 1. The van der Waals surface area contributed by atoms with Crippen LogP contribution in [0.2, 0.25) is 5.02 Å². The number of aryl methyl sites for hydroxylation is 1. The molecule has 5 atom stereocenters. The first-order valence-electron chi connectivity index (χ1n) is 18.5. The van der Waals surface area contributed by atoms with E-state index < -0.39 is 27.4 Å². The van der Waals surface area contributed by atoms with Crippen LogP contribution in [0.25, 0.3) is 0 Å². The number of amides is 1. The maximum atomic E-state index is 13.6. The molecule has 2 bridgehead atoms. The summed E-state index contributed by atoms with van der Waals surface area (Å²) in [6.07, 6.45) is 6.25. The minimum atomic E-state index is -3.93. The molecular formula is C38H51ClFN3O6S. The second-order valence-corrected chi connectivity index (χ2v) is 17.8. The van der Waals surface area contributed by atoms with Crippen LogP contribution in [0.15, 0.2) is 36.4 Å². The number of likely N-dealkylation sites (tertiary alicyclic amines) is 1. The highest BCUT2D eigenvalue weighted by molar-refractivity contribution is 7.90. The summed E-state index contributed by atoms with van der Waals surface area (Å²) in [6, 6.07) is 11.3. The first-order valence-corrected chi connectivity index (χ1v) is 20.4. The molecule has 50 heavy (non-hydrogen) atoms. The van der Waals surface area contributed by atoms with Crippen LogP contribution in [0.4, 0.5) is 10.1 Å². The molecule has 0 radical (unpaired) electrons. The molecule has 4 heterocycles. The standard InChI is InChI=1S/C38H51ClFN3O6S/c1-24-6-5-8-34(38-48-22-32(23-49-38)43-19-31(40)20-43)33-13-10-28(33)18-42-15-4-3-7-26-16-30(39)12-9-29(26)21-47-36-14-11-27(17-35(36)42)37(44)41-50(45,46)25(24)2/h9,11-12,14,16-17,24-25,28,31-34,38H,3-8,10,13,15,18-23H2,1-2H3,(H,41,44)/t24-,25+,28-,32-,33+,34+,38-/m0/s1. The van der Waals surface area contributed by atoms with Crippen molar-refractivity contribution in [2.45, 2.75) is 95.6 Å². The van der Waals surface area contributed by atoms with Gasteiger partial charge in [-0.1, -0.05) is 31.0 Å². The van der Waals surface area contributed by atoms with Crippen LogP contribution in [-0.4, -0.2) is 82.4 Å². The minimum absolute atomic E-state index is 0.0777. The largest absolute Gasteiger partial charge is 0.487 e. The molecule has 274 valence electrons. The Hall–Kier alpha value is -2.44. The Labute approximate surface area is 301 Å². The number of nitrogens with one attached hydrogen (secondary N) is 1. The van der Waals surface area contributed by atoms with E-state index in [1.165, 1.54) is 5.56 Å². The van der Waals surface area contributed by atoms with Crippen LogP contribution < -0.4 is 14.4 Å². The average Bonchev–Trinajstić information content (AvgIpc) is 3.10. The van der Waals surface area contributed by atoms with Crippen molar-refractivity contribution in [2.75, 3.05) is 44.3 Å². The van der Waals surface area contributed by atoms with Gasteiger partial charge in [-0.25, -0.2) is 17.5 Å². The smallest absolute Gasteiger partial charge is 0.264 e. The second-order valence-electron chi connectivity index (χ2n) is 15.3. The van der Waals surface area contributed by atoms with E-state index in [-0.39, 0.29) is 29.7 Å². The maximum Gasteiger partial charge on any atom is 0.264 e. The van der Waals surface area contributed by atoms with Gasteiger partial charge in [-0.05, 0) is 111 Å². The monoisotopic (exact) mass is 731 g/mol. The van der Waals surface area contributed by atoms with Gasteiger partial charge in [0.1, 0.15) is 18.5 Å². The Morgan fingerprint density at radius 3 is 2.44 bits per heavy atom. The lowest BCUT2D eigenvalue weighted by Gasteiger charge is -2.49. The number of hydrogen-bond donors (Lipinski definition) is 1. The minimum Gasteiger partial charge on any atom is -0.487 e. The molecule has 0 unspecified atom stereocenters. The van der Waals surface area contributed by atoms with Crippen LogP contribution in [0, 0.1) is 23.7 Å². The molecule has 9 nitrogen and oxygen atoms in total. The predicted molar refractivity (Wildman–Crippen MR) is 192 cm³/mol. The molecule has 1 N–H and O–H groups in total. The first-order chi connectivity index (χ1) is 24.1. The van der Waals surface area contributed by atoms with Crippen LogP contribution >= 0.6 is 11.6 Å². The van der Waals surface area contributed by atoms with Crippen molar-refractivity contribution in [3.05, 3.63) is 58.1 Å². The molecule has 1 saturated carbocycles. The topological polar surface area (TPSA) is 97.4 Å². The molecule has 0 aromatic heterocycles. The van der Waals surface area contributed by atoms with E-state index in [4.69, 9.17) is 25.8 Å². The third kappa shape index (κ3) is 7.82. The fraction of sp³-hybridized carbons (Fsp3) is 0.658. The van der Waals surface area contributed by atoms with Crippen molar-refractivity contribution in [3.8, 4) is 5.75 Å². The summed E-state index contributed by atoms with van der Waals surface area (Å²) in [6.45, 7) is 7.49. The lowest BCUT2D eigenvalue weighted by molar-refractivity contribution is -0.249. The van der Waals surface area contributed by atoms with Gasteiger partial charge in [0, 0.05) is 42.7 Å². The Balaban J connectivity index is 1.19. The molecule has 2 aromatic carbocycles. The number of nitrogens with zero attached hydrogens (tertiary/aromatic N) is 2. The summed E-state index contributed by atoms with van der Waals surface area (Å²) in [5.74, 6) is 0.813. The Morgan fingerprint density at radius 1 is 0.900 bits per heavy atom. The van der Waals surface area contributed by atoms with Gasteiger partial charge in [0.15, 0.2) is 6.29 Å². The van der Waals surface area contributed by atoms with Crippen LogP contribution in [0.3, 0.4) is 0 Å². The molecule has 3 fully saturated rings. The zero-order valence-corrected chi connectivity index (χ0v) is 30.8. The molecule has 2 aromatic rings. The van der Waals surface area contributed by atoms with Gasteiger partial charge in [-0.3, -0.25) is 9.69 Å². The lowest BCUT2D eigenvalue weighted by Crippen LogP contribution is -2.59. The normalized spacial score (nSPS) is 32.9. The number of benzene rings is 2. The zero-order chi connectivity index (χ0) is 35.0. The number of carbonyl (C=O) groups is 1. The Morgan fingerprint density at radius 2 is 1.70 bits per heavy atom. The molecule has 12 heteroatoms. The lowest BCUT2D eigenvalue weighted by atomic mass is 9.65. The van der Waals surface area contributed by atoms with Crippen molar-refractivity contribution in [1.29, 1.82) is 0 Å². The molecule has 4 aliphatic heterocycles. The van der Waals surface area contributed by atoms with E-state index in [2.05, 4.69) is 14.5 Å². The molecule has 1 amide bonds. The molecule has 0 spiro atoms. The summed E-state index contributed by atoms with van der Waals surface area (Å²) >= 11 is 6.37. The highest BCUT2D eigenvalue weighted by Gasteiger charge is 2.45. The van der Waals surface area contributed by atoms with Gasteiger partial charge in [0.25, 0.3) is 5.91 Å². The van der Waals surface area contributed by atoms with E-state index in [0.29, 0.717) is 61.9 Å². The molecule has 5 aliphatic rings. The highest BCUT2D eigenvalue weighted by Crippen LogP contribution is 2.46. The number of anilines is 1. The number of hydrogen-bond acceptors (Lipinski definition) is 8. The number of rotatable bonds is 2. The van der Waals surface area contributed by atoms with Gasteiger partial charge in [-0.15, -0.1) is 0 Å². The number of carbonyl (C=O) groups excluding carboxylic acids is 1. The van der Waals surface area contributed by atoms with Crippen molar-refractivity contribution in [1.82, 2.24) is 9.62 Å². The summed E-state index contributed by atoms with van der Waals surface area (Å²) < 4.78 is 62.3. The van der Waals surface area contributed by atoms with Crippen LogP contribution in [0.1, 0.15) is 80.3 Å².